The molecule has 0 N–H and O–H groups in total. The second-order valence-corrected chi connectivity index (χ2v) is 10.2. The van der Waals surface area contributed by atoms with Gasteiger partial charge in [0.1, 0.15) is 11.5 Å². The number of rotatable bonds is 3. The van der Waals surface area contributed by atoms with E-state index in [1.807, 2.05) is 19.2 Å². The number of fused-ring (bicyclic) bond motifs is 2. The number of nitrogens with zero attached hydrogens (tertiary/aromatic N) is 7. The van der Waals surface area contributed by atoms with Gasteiger partial charge in [0.25, 0.3) is 5.91 Å². The molecule has 6 rings (SSSR count). The number of piperidine rings is 1. The maximum Gasteiger partial charge on any atom is 0.277 e. The Balaban J connectivity index is 1.34. The van der Waals surface area contributed by atoms with Gasteiger partial charge < -0.3 is 9.80 Å². The summed E-state index contributed by atoms with van der Waals surface area (Å²) in [7, 11) is 0. The lowest BCUT2D eigenvalue weighted by Gasteiger charge is -2.34. The van der Waals surface area contributed by atoms with Crippen LogP contribution in [0.3, 0.4) is 0 Å². The van der Waals surface area contributed by atoms with Gasteiger partial charge in [-0.15, -0.1) is 0 Å². The fraction of sp³-hybridized carbons (Fsp3) is 0.462. The van der Waals surface area contributed by atoms with Crippen LogP contribution in [0.1, 0.15) is 66.0 Å². The van der Waals surface area contributed by atoms with Gasteiger partial charge >= 0.3 is 0 Å². The average Bonchev–Trinajstić information content (AvgIpc) is 3.54. The molecule has 0 bridgehead atoms. The van der Waals surface area contributed by atoms with E-state index in [4.69, 9.17) is 10.1 Å². The van der Waals surface area contributed by atoms with Crippen LogP contribution < -0.4 is 4.90 Å². The van der Waals surface area contributed by atoms with E-state index < -0.39 is 5.95 Å². The van der Waals surface area contributed by atoms with Gasteiger partial charge in [-0.3, -0.25) is 9.20 Å². The van der Waals surface area contributed by atoms with E-state index in [0.717, 1.165) is 60.6 Å². The van der Waals surface area contributed by atoms with Gasteiger partial charge in [-0.1, -0.05) is 6.92 Å². The van der Waals surface area contributed by atoms with Gasteiger partial charge in [-0.2, -0.15) is 9.49 Å². The minimum absolute atomic E-state index is 0.134. The van der Waals surface area contributed by atoms with Crippen LogP contribution in [0.2, 0.25) is 0 Å². The van der Waals surface area contributed by atoms with E-state index in [1.54, 1.807) is 27.7 Å². The summed E-state index contributed by atoms with van der Waals surface area (Å²) in [6.45, 7) is 8.83. The predicted molar refractivity (Wildman–Crippen MR) is 131 cm³/mol. The maximum absolute atomic E-state index is 15.1. The molecule has 8 nitrogen and oxygen atoms in total. The summed E-state index contributed by atoms with van der Waals surface area (Å²) in [5.74, 6) is 0.665. The van der Waals surface area contributed by atoms with Gasteiger partial charge in [0, 0.05) is 43.7 Å². The van der Waals surface area contributed by atoms with Crippen LogP contribution in [-0.4, -0.2) is 54.4 Å². The molecule has 0 saturated carbocycles. The van der Waals surface area contributed by atoms with E-state index in [9.17, 15) is 4.79 Å². The van der Waals surface area contributed by atoms with E-state index in [-0.39, 0.29) is 17.6 Å². The summed E-state index contributed by atoms with van der Waals surface area (Å²) in [5.41, 5.74) is 3.91. The number of carbonyl (C=O) groups excluding carboxylic acids is 1. The monoisotopic (exact) mass is 475 g/mol. The van der Waals surface area contributed by atoms with E-state index in [2.05, 4.69) is 23.7 Å². The number of carbonyl (C=O) groups is 1. The van der Waals surface area contributed by atoms with Crippen LogP contribution in [0.4, 0.5) is 10.2 Å². The number of imidazole rings is 1. The first-order chi connectivity index (χ1) is 16.9. The molecule has 2 aliphatic rings. The first-order valence-corrected chi connectivity index (χ1v) is 12.5. The summed E-state index contributed by atoms with van der Waals surface area (Å²) in [5, 5.41) is 4.81. The quantitative estimate of drug-likeness (QED) is 0.441. The van der Waals surface area contributed by atoms with Gasteiger partial charge in [-0.25, -0.2) is 14.5 Å². The standard InChI is InChI=1S/C26H30FN7O/c1-16-8-11-33-21(12-16)28-23(24(33)27)26(35)32-9-5-4-6-20(32)19-13-22-29-25(18(3)15-34(22)30-19)31-10-7-17(2)14-31/h8,11-13,15,17,20H,4-7,9-10,14H2,1-3H3/t17-,20-/m0/s1. The third kappa shape index (κ3) is 3.73. The van der Waals surface area contributed by atoms with Gasteiger partial charge in [0.15, 0.2) is 11.3 Å². The Labute approximate surface area is 203 Å². The average molecular weight is 476 g/mol. The van der Waals surface area contributed by atoms with Gasteiger partial charge in [-0.05, 0) is 63.1 Å². The lowest BCUT2D eigenvalue weighted by atomic mass is 9.99. The highest BCUT2D eigenvalue weighted by Crippen LogP contribution is 2.33. The Hall–Kier alpha value is -3.49. The van der Waals surface area contributed by atoms with Gasteiger partial charge in [0.05, 0.1) is 11.7 Å². The number of anilines is 1. The van der Waals surface area contributed by atoms with Crippen molar-refractivity contribution in [3.05, 3.63) is 59.1 Å². The molecule has 0 spiro atoms. The summed E-state index contributed by atoms with van der Waals surface area (Å²) in [6.07, 6.45) is 7.45. The van der Waals surface area contributed by atoms with Crippen LogP contribution in [0.5, 0.6) is 0 Å². The topological polar surface area (TPSA) is 71.0 Å². The molecule has 2 fully saturated rings. The Morgan fingerprint density at radius 1 is 1.09 bits per heavy atom. The molecule has 2 aliphatic heterocycles. The normalized spacial score (nSPS) is 20.9. The molecule has 9 heteroatoms. The SMILES string of the molecule is Cc1ccn2c(F)c(C(=O)N3CCCC[C@H]3c3cc4nc(N5CC[C@H](C)C5)c(C)cn4n3)nc2c1. The largest absolute Gasteiger partial charge is 0.356 e. The van der Waals surface area contributed by atoms with E-state index >= 15 is 4.39 Å². The highest BCUT2D eigenvalue weighted by Gasteiger charge is 2.34. The molecule has 6 heterocycles. The lowest BCUT2D eigenvalue weighted by Crippen LogP contribution is -2.39. The van der Waals surface area contributed by atoms with Crippen LogP contribution in [-0.2, 0) is 0 Å². The number of hydrogen-bond acceptors (Lipinski definition) is 5. The van der Waals surface area contributed by atoms with Crippen molar-refractivity contribution in [3.63, 3.8) is 0 Å². The predicted octanol–water partition coefficient (Wildman–Crippen LogP) is 4.35. The number of aromatic nitrogens is 5. The third-order valence-electron chi connectivity index (χ3n) is 7.38. The Morgan fingerprint density at radius 3 is 2.74 bits per heavy atom. The first kappa shape index (κ1) is 22.0. The number of hydrogen-bond donors (Lipinski definition) is 0. The molecule has 35 heavy (non-hydrogen) atoms. The van der Waals surface area contributed by atoms with Crippen molar-refractivity contribution in [2.24, 2.45) is 5.92 Å². The molecule has 0 aromatic carbocycles. The molecule has 2 saturated heterocycles. The zero-order valence-corrected chi connectivity index (χ0v) is 20.4. The van der Waals surface area contributed by atoms with Gasteiger partial charge in [0.2, 0.25) is 5.95 Å². The van der Waals surface area contributed by atoms with Crippen molar-refractivity contribution in [3.8, 4) is 0 Å². The van der Waals surface area contributed by atoms with Crippen LogP contribution in [0, 0.1) is 25.7 Å². The fourth-order valence-electron chi connectivity index (χ4n) is 5.50. The van der Waals surface area contributed by atoms with Crippen LogP contribution in [0.15, 0.2) is 30.6 Å². The molecule has 0 radical (unpaired) electrons. The Kier molecular flexibility index (Phi) is 5.23. The van der Waals surface area contributed by atoms with Crippen molar-refractivity contribution in [1.29, 1.82) is 0 Å². The minimum atomic E-state index is -0.619. The first-order valence-electron chi connectivity index (χ1n) is 12.5. The number of pyridine rings is 1. The molecule has 0 unspecified atom stereocenters. The molecule has 182 valence electrons. The summed E-state index contributed by atoms with van der Waals surface area (Å²) < 4.78 is 18.3. The molecular weight excluding hydrogens is 445 g/mol. The molecule has 2 atom stereocenters. The molecule has 4 aromatic rings. The second-order valence-electron chi connectivity index (χ2n) is 10.2. The van der Waals surface area contributed by atoms with E-state index in [0.29, 0.717) is 18.1 Å². The second kappa shape index (κ2) is 8.32. The van der Waals surface area contributed by atoms with E-state index in [1.165, 1.54) is 10.8 Å². The number of halogens is 1. The molecular formula is C26H30FN7O. The summed E-state index contributed by atoms with van der Waals surface area (Å²) >= 11 is 0. The number of likely N-dealkylation sites (tertiary alicyclic amines) is 1. The fourth-order valence-corrected chi connectivity index (χ4v) is 5.50. The maximum atomic E-state index is 15.1. The minimum Gasteiger partial charge on any atom is -0.356 e. The van der Waals surface area contributed by atoms with Crippen molar-refractivity contribution in [1.82, 2.24) is 28.9 Å². The van der Waals surface area contributed by atoms with Crippen LogP contribution >= 0.6 is 0 Å². The number of aryl methyl sites for hydroxylation is 2. The van der Waals surface area contributed by atoms with Crippen molar-refractivity contribution in [2.75, 3.05) is 24.5 Å². The van der Waals surface area contributed by atoms with Crippen molar-refractivity contribution >= 4 is 23.0 Å². The molecule has 1 amide bonds. The zero-order chi connectivity index (χ0) is 24.3. The van der Waals surface area contributed by atoms with Crippen molar-refractivity contribution in [2.45, 2.75) is 52.5 Å². The smallest absolute Gasteiger partial charge is 0.277 e. The molecule has 0 aliphatic carbocycles. The highest BCUT2D eigenvalue weighted by atomic mass is 19.1. The Bertz CT molecular complexity index is 1440. The van der Waals surface area contributed by atoms with Crippen molar-refractivity contribution < 1.29 is 9.18 Å². The lowest BCUT2D eigenvalue weighted by molar-refractivity contribution is 0.0594. The summed E-state index contributed by atoms with van der Waals surface area (Å²) in [6, 6.07) is 5.32. The number of amides is 1. The highest BCUT2D eigenvalue weighted by molar-refractivity contribution is 5.93. The summed E-state index contributed by atoms with van der Waals surface area (Å²) in [4.78, 5) is 26.9. The molecule has 4 aromatic heterocycles. The third-order valence-corrected chi connectivity index (χ3v) is 7.38. The van der Waals surface area contributed by atoms with Crippen LogP contribution in [0.25, 0.3) is 11.3 Å². The Morgan fingerprint density at radius 2 is 1.94 bits per heavy atom. The zero-order valence-electron chi connectivity index (χ0n) is 20.4.